The third-order valence-corrected chi connectivity index (χ3v) is 2.47. The Morgan fingerprint density at radius 3 is 2.41 bits per heavy atom. The molecule has 17 heavy (non-hydrogen) atoms. The Kier molecular flexibility index (Phi) is 4.98. The summed E-state index contributed by atoms with van der Waals surface area (Å²) in [6, 6.07) is 8.75. The van der Waals surface area contributed by atoms with Gasteiger partial charge in [0.25, 0.3) is 0 Å². The number of carbonyl (C=O) groups is 1. The van der Waals surface area contributed by atoms with Crippen molar-refractivity contribution in [1.82, 2.24) is 0 Å². The van der Waals surface area contributed by atoms with Gasteiger partial charge in [-0.3, -0.25) is 4.79 Å². The highest BCUT2D eigenvalue weighted by atomic mass is 79.9. The van der Waals surface area contributed by atoms with Crippen LogP contribution in [0.2, 0.25) is 0 Å². The molecule has 0 heterocycles. The number of carbonyl (C=O) groups excluding carboxylic acids is 1. The number of alkyl halides is 1. The van der Waals surface area contributed by atoms with Crippen molar-refractivity contribution in [2.75, 3.05) is 7.11 Å². The molecule has 4 nitrogen and oxygen atoms in total. The highest BCUT2D eigenvalue weighted by Gasteiger charge is 2.19. The first-order valence-corrected chi connectivity index (χ1v) is 5.88. The third kappa shape index (κ3) is 3.75. The van der Waals surface area contributed by atoms with Gasteiger partial charge in [-0.25, -0.2) is 0 Å². The van der Waals surface area contributed by atoms with E-state index in [9.17, 15) is 4.79 Å². The molecule has 0 bridgehead atoms. The van der Waals surface area contributed by atoms with Crippen LogP contribution < -0.4 is 4.74 Å². The molecule has 0 radical (unpaired) electrons. The molecule has 0 aromatic heterocycles. The smallest absolute Gasteiger partial charge is 0.321 e. The van der Waals surface area contributed by atoms with Crippen LogP contribution in [0.3, 0.4) is 0 Å². The molecule has 1 rings (SSSR count). The van der Waals surface area contributed by atoms with Crippen molar-refractivity contribution in [3.05, 3.63) is 29.8 Å². The zero-order chi connectivity index (χ0) is 12.8. The predicted molar refractivity (Wildman–Crippen MR) is 65.8 cm³/mol. The monoisotopic (exact) mass is 297 g/mol. The van der Waals surface area contributed by atoms with Gasteiger partial charge in [-0.2, -0.15) is 5.26 Å². The summed E-state index contributed by atoms with van der Waals surface area (Å²) in [5.74, 6) is 0.220. The van der Waals surface area contributed by atoms with Crippen molar-refractivity contribution in [1.29, 1.82) is 5.26 Å². The molecule has 0 aliphatic heterocycles. The van der Waals surface area contributed by atoms with E-state index in [0.29, 0.717) is 11.3 Å². The maximum absolute atomic E-state index is 11.4. The number of ether oxygens (including phenoxy) is 2. The summed E-state index contributed by atoms with van der Waals surface area (Å²) in [6.07, 6.45) is -0.895. The molecular formula is C12H12BrNO3. The van der Waals surface area contributed by atoms with Crippen LogP contribution >= 0.6 is 15.9 Å². The molecule has 1 aromatic carbocycles. The van der Waals surface area contributed by atoms with E-state index >= 15 is 0 Å². The molecular weight excluding hydrogens is 286 g/mol. The van der Waals surface area contributed by atoms with Gasteiger partial charge in [0, 0.05) is 5.56 Å². The summed E-state index contributed by atoms with van der Waals surface area (Å²) in [6.45, 7) is 1.64. The van der Waals surface area contributed by atoms with Crippen LogP contribution in [0.4, 0.5) is 0 Å². The third-order valence-electron chi connectivity index (χ3n) is 2.09. The number of hydrogen-bond donors (Lipinski definition) is 0. The Hall–Kier alpha value is -1.54. The van der Waals surface area contributed by atoms with Crippen molar-refractivity contribution < 1.29 is 14.3 Å². The van der Waals surface area contributed by atoms with Crippen LogP contribution in [-0.2, 0) is 9.53 Å². The van der Waals surface area contributed by atoms with Gasteiger partial charge >= 0.3 is 5.97 Å². The fraction of sp³-hybridized carbons (Fsp3) is 0.333. The summed E-state index contributed by atoms with van der Waals surface area (Å²) in [5.41, 5.74) is 0.620. The van der Waals surface area contributed by atoms with Gasteiger partial charge in [0.05, 0.1) is 7.11 Å². The highest BCUT2D eigenvalue weighted by Crippen LogP contribution is 2.21. The molecule has 0 fully saturated rings. The zero-order valence-corrected chi connectivity index (χ0v) is 11.1. The summed E-state index contributed by atoms with van der Waals surface area (Å²) >= 11 is 3.09. The van der Waals surface area contributed by atoms with Gasteiger partial charge in [0.1, 0.15) is 16.6 Å². The lowest BCUT2D eigenvalue weighted by molar-refractivity contribution is -0.145. The van der Waals surface area contributed by atoms with Gasteiger partial charge in [0.2, 0.25) is 6.10 Å². The summed E-state index contributed by atoms with van der Waals surface area (Å²) in [5, 5.41) is 8.96. The number of nitrogens with zero attached hydrogens (tertiary/aromatic N) is 1. The molecule has 2 atom stereocenters. The van der Waals surface area contributed by atoms with Gasteiger partial charge in [-0.1, -0.05) is 28.1 Å². The molecule has 0 aliphatic rings. The molecule has 0 N–H and O–H groups in total. The lowest BCUT2D eigenvalue weighted by atomic mass is 10.1. The van der Waals surface area contributed by atoms with E-state index in [1.54, 1.807) is 38.3 Å². The SMILES string of the molecule is COc1ccc(C(C#N)OC(=O)C(C)Br)cc1. The normalized spacial score (nSPS) is 13.3. The molecule has 5 heteroatoms. The second kappa shape index (κ2) is 6.26. The van der Waals surface area contributed by atoms with Gasteiger partial charge in [-0.15, -0.1) is 0 Å². The number of nitriles is 1. The van der Waals surface area contributed by atoms with Crippen LogP contribution in [0, 0.1) is 11.3 Å². The number of benzene rings is 1. The second-order valence-electron chi connectivity index (χ2n) is 3.34. The molecule has 0 aliphatic carbocycles. The van der Waals surface area contributed by atoms with E-state index in [0.717, 1.165) is 0 Å². The van der Waals surface area contributed by atoms with Crippen molar-refractivity contribution in [3.8, 4) is 11.8 Å². The summed E-state index contributed by atoms with van der Waals surface area (Å²) in [7, 11) is 1.56. The molecule has 0 saturated heterocycles. The van der Waals surface area contributed by atoms with E-state index in [4.69, 9.17) is 14.7 Å². The number of esters is 1. The maximum atomic E-state index is 11.4. The number of rotatable bonds is 4. The van der Waals surface area contributed by atoms with E-state index in [1.807, 2.05) is 6.07 Å². The number of hydrogen-bond acceptors (Lipinski definition) is 4. The summed E-state index contributed by atoms with van der Waals surface area (Å²) < 4.78 is 10.0. The fourth-order valence-electron chi connectivity index (χ4n) is 1.16. The molecule has 0 spiro atoms. The van der Waals surface area contributed by atoms with Crippen molar-refractivity contribution >= 4 is 21.9 Å². The van der Waals surface area contributed by atoms with E-state index in [-0.39, 0.29) is 0 Å². The quantitative estimate of drug-likeness (QED) is 0.633. The second-order valence-corrected chi connectivity index (χ2v) is 4.71. The minimum absolute atomic E-state index is 0.434. The van der Waals surface area contributed by atoms with E-state index < -0.39 is 16.9 Å². The average Bonchev–Trinajstić information content (AvgIpc) is 2.35. The molecule has 1 aromatic rings. The minimum Gasteiger partial charge on any atom is -0.497 e. The Morgan fingerprint density at radius 2 is 2.00 bits per heavy atom. The van der Waals surface area contributed by atoms with Crippen molar-refractivity contribution in [2.45, 2.75) is 17.9 Å². The Morgan fingerprint density at radius 1 is 1.41 bits per heavy atom. The molecule has 2 unspecified atom stereocenters. The van der Waals surface area contributed by atoms with Crippen LogP contribution in [-0.4, -0.2) is 17.9 Å². The van der Waals surface area contributed by atoms with E-state index in [1.165, 1.54) is 0 Å². The molecule has 0 amide bonds. The molecule has 90 valence electrons. The van der Waals surface area contributed by atoms with Crippen LogP contribution in [0.5, 0.6) is 5.75 Å². The van der Waals surface area contributed by atoms with E-state index in [2.05, 4.69) is 15.9 Å². The molecule has 0 saturated carbocycles. The van der Waals surface area contributed by atoms with Crippen LogP contribution in [0.15, 0.2) is 24.3 Å². The maximum Gasteiger partial charge on any atom is 0.321 e. The Labute approximate surface area is 108 Å². The van der Waals surface area contributed by atoms with Gasteiger partial charge in [0.15, 0.2) is 0 Å². The number of halogens is 1. The van der Waals surface area contributed by atoms with Crippen molar-refractivity contribution in [3.63, 3.8) is 0 Å². The first kappa shape index (κ1) is 13.5. The van der Waals surface area contributed by atoms with Crippen LogP contribution in [0.25, 0.3) is 0 Å². The Balaban J connectivity index is 2.80. The average molecular weight is 298 g/mol. The summed E-state index contributed by atoms with van der Waals surface area (Å²) in [4.78, 5) is 10.9. The number of methoxy groups -OCH3 is 1. The zero-order valence-electron chi connectivity index (χ0n) is 9.51. The fourth-order valence-corrected chi connectivity index (χ4v) is 1.27. The first-order valence-electron chi connectivity index (χ1n) is 4.96. The van der Waals surface area contributed by atoms with Gasteiger partial charge in [-0.05, 0) is 19.1 Å². The topological polar surface area (TPSA) is 59.3 Å². The largest absolute Gasteiger partial charge is 0.497 e. The van der Waals surface area contributed by atoms with Crippen molar-refractivity contribution in [2.24, 2.45) is 0 Å². The first-order chi connectivity index (χ1) is 8.08. The standard InChI is InChI=1S/C12H12BrNO3/c1-8(13)12(15)17-11(7-14)9-3-5-10(16-2)6-4-9/h3-6,8,11H,1-2H3. The highest BCUT2D eigenvalue weighted by molar-refractivity contribution is 9.10. The van der Waals surface area contributed by atoms with Crippen LogP contribution in [0.1, 0.15) is 18.6 Å². The lowest BCUT2D eigenvalue weighted by Gasteiger charge is -2.12. The predicted octanol–water partition coefficient (Wildman–Crippen LogP) is 2.59. The Bertz CT molecular complexity index is 422. The lowest BCUT2D eigenvalue weighted by Crippen LogP contribution is -2.17. The minimum atomic E-state index is -0.895. The van der Waals surface area contributed by atoms with Gasteiger partial charge < -0.3 is 9.47 Å².